The van der Waals surface area contributed by atoms with Crippen LogP contribution in [-0.4, -0.2) is 69.5 Å². The van der Waals surface area contributed by atoms with Gasteiger partial charge >= 0.3 is 0 Å². The molecule has 1 fully saturated rings. The molecule has 0 spiro atoms. The summed E-state index contributed by atoms with van der Waals surface area (Å²) in [4.78, 5) is 13.2. The smallest absolute Gasteiger partial charge is 0.129 e. The molecule has 100 valence electrons. The summed E-state index contributed by atoms with van der Waals surface area (Å²) in [5.41, 5.74) is -0.403. The molecule has 0 aromatic carbocycles. The number of rotatable bonds is 7. The summed E-state index contributed by atoms with van der Waals surface area (Å²) in [5.74, 6) is 0. The summed E-state index contributed by atoms with van der Waals surface area (Å²) in [6, 6.07) is 0. The first-order valence-corrected chi connectivity index (χ1v) is 6.01. The minimum absolute atomic E-state index is 0.314. The van der Waals surface area contributed by atoms with Crippen molar-refractivity contribution >= 4 is 6.29 Å². The Morgan fingerprint density at radius 2 is 2.41 bits per heavy atom. The number of carbonyl (C=O) groups excluding carboxylic acids is 1. The van der Waals surface area contributed by atoms with E-state index < -0.39 is 11.5 Å². The van der Waals surface area contributed by atoms with Crippen LogP contribution in [0.1, 0.15) is 12.8 Å². The van der Waals surface area contributed by atoms with Gasteiger partial charge in [0.2, 0.25) is 0 Å². The fraction of sp³-hybridized carbons (Fsp3) is 0.917. The molecular weight excluding hydrogens is 222 g/mol. The van der Waals surface area contributed by atoms with Crippen LogP contribution in [0.25, 0.3) is 0 Å². The van der Waals surface area contributed by atoms with Gasteiger partial charge in [-0.25, -0.2) is 0 Å². The Balaban J connectivity index is 2.41. The fourth-order valence-electron chi connectivity index (χ4n) is 2.34. The van der Waals surface area contributed by atoms with Gasteiger partial charge in [0.25, 0.3) is 0 Å². The predicted molar refractivity (Wildman–Crippen MR) is 63.9 cm³/mol. The molecule has 0 bridgehead atoms. The lowest BCUT2D eigenvalue weighted by Crippen LogP contribution is -2.45. The minimum atomic E-state index is -0.516. The van der Waals surface area contributed by atoms with Crippen LogP contribution in [-0.2, 0) is 14.3 Å². The number of aliphatic hydroxyl groups is 1. The van der Waals surface area contributed by atoms with Crippen molar-refractivity contribution < 1.29 is 19.4 Å². The van der Waals surface area contributed by atoms with Crippen molar-refractivity contribution in [2.75, 3.05) is 47.1 Å². The van der Waals surface area contributed by atoms with Crippen molar-refractivity contribution in [3.63, 3.8) is 0 Å². The zero-order valence-corrected chi connectivity index (χ0v) is 10.7. The van der Waals surface area contributed by atoms with Crippen molar-refractivity contribution in [2.24, 2.45) is 5.41 Å². The van der Waals surface area contributed by atoms with Crippen LogP contribution in [0.3, 0.4) is 0 Å². The van der Waals surface area contributed by atoms with Gasteiger partial charge in [0.05, 0.1) is 24.7 Å². The van der Waals surface area contributed by atoms with Gasteiger partial charge in [0.1, 0.15) is 6.29 Å². The molecule has 0 saturated carbocycles. The second-order valence-electron chi connectivity index (χ2n) is 4.94. The van der Waals surface area contributed by atoms with Crippen molar-refractivity contribution in [1.29, 1.82) is 0 Å². The van der Waals surface area contributed by atoms with E-state index in [0.29, 0.717) is 26.3 Å². The van der Waals surface area contributed by atoms with Gasteiger partial charge in [0, 0.05) is 26.8 Å². The van der Waals surface area contributed by atoms with Gasteiger partial charge in [-0.05, 0) is 19.9 Å². The first-order valence-electron chi connectivity index (χ1n) is 6.01. The van der Waals surface area contributed by atoms with Crippen LogP contribution in [0.15, 0.2) is 0 Å². The van der Waals surface area contributed by atoms with E-state index in [1.165, 1.54) is 0 Å². The number of methoxy groups -OCH3 is 1. The maximum atomic E-state index is 11.2. The zero-order chi connectivity index (χ0) is 12.7. The van der Waals surface area contributed by atoms with Crippen LogP contribution < -0.4 is 0 Å². The lowest BCUT2D eigenvalue weighted by atomic mass is 9.83. The van der Waals surface area contributed by atoms with Crippen LogP contribution in [0.5, 0.6) is 0 Å². The molecule has 2 atom stereocenters. The third-order valence-corrected chi connectivity index (χ3v) is 3.07. The molecule has 1 aliphatic heterocycles. The van der Waals surface area contributed by atoms with Gasteiger partial charge in [0.15, 0.2) is 0 Å². The van der Waals surface area contributed by atoms with E-state index in [4.69, 9.17) is 9.47 Å². The second-order valence-corrected chi connectivity index (χ2v) is 4.94. The number of aldehydes is 1. The molecule has 17 heavy (non-hydrogen) atoms. The van der Waals surface area contributed by atoms with E-state index in [0.717, 1.165) is 25.7 Å². The highest BCUT2D eigenvalue weighted by molar-refractivity contribution is 5.60. The van der Waals surface area contributed by atoms with Crippen molar-refractivity contribution in [3.8, 4) is 0 Å². The quantitative estimate of drug-likeness (QED) is 0.636. The topological polar surface area (TPSA) is 59.0 Å². The van der Waals surface area contributed by atoms with Crippen LogP contribution in [0.4, 0.5) is 0 Å². The molecule has 2 unspecified atom stereocenters. The molecule has 5 heteroatoms. The van der Waals surface area contributed by atoms with Crippen molar-refractivity contribution in [1.82, 2.24) is 4.90 Å². The third kappa shape index (κ3) is 4.71. The number of hydrogen-bond acceptors (Lipinski definition) is 5. The Morgan fingerprint density at radius 3 is 2.94 bits per heavy atom. The highest BCUT2D eigenvalue weighted by Crippen LogP contribution is 2.27. The summed E-state index contributed by atoms with van der Waals surface area (Å²) in [7, 11) is 3.46. The summed E-state index contributed by atoms with van der Waals surface area (Å²) < 4.78 is 10.3. The zero-order valence-electron chi connectivity index (χ0n) is 10.7. The molecule has 0 aromatic heterocycles. The molecule has 1 rings (SSSR count). The Labute approximate surface area is 103 Å². The second kappa shape index (κ2) is 7.06. The molecule has 1 saturated heterocycles. The molecular formula is C12H23NO4. The van der Waals surface area contributed by atoms with E-state index in [2.05, 4.69) is 0 Å². The Bertz CT molecular complexity index is 229. The van der Waals surface area contributed by atoms with E-state index >= 15 is 0 Å². The monoisotopic (exact) mass is 245 g/mol. The SMILES string of the molecule is COCC(O)CN(C)CC1(C=O)CCCOC1. The fourth-order valence-corrected chi connectivity index (χ4v) is 2.34. The van der Waals surface area contributed by atoms with Crippen LogP contribution >= 0.6 is 0 Å². The molecule has 1 aliphatic rings. The molecule has 0 aliphatic carbocycles. The normalized spacial score (nSPS) is 27.1. The number of ether oxygens (including phenoxy) is 2. The Kier molecular flexibility index (Phi) is 6.05. The summed E-state index contributed by atoms with van der Waals surface area (Å²) >= 11 is 0. The van der Waals surface area contributed by atoms with Gasteiger partial charge in [-0.3, -0.25) is 0 Å². The van der Waals surface area contributed by atoms with Crippen LogP contribution in [0.2, 0.25) is 0 Å². The van der Waals surface area contributed by atoms with E-state index in [1.54, 1.807) is 7.11 Å². The highest BCUT2D eigenvalue weighted by Gasteiger charge is 2.34. The summed E-state index contributed by atoms with van der Waals surface area (Å²) in [6.07, 6.45) is 2.28. The third-order valence-electron chi connectivity index (χ3n) is 3.07. The standard InChI is InChI=1S/C12H23NO4/c1-13(6-11(15)7-16-2)8-12(9-14)4-3-5-17-10-12/h9,11,15H,3-8,10H2,1-2H3. The number of nitrogens with zero attached hydrogens (tertiary/aromatic N) is 1. The van der Waals surface area contributed by atoms with Gasteiger partial charge in [-0.1, -0.05) is 0 Å². The molecule has 5 nitrogen and oxygen atoms in total. The molecule has 0 amide bonds. The first kappa shape index (κ1) is 14.6. The summed E-state index contributed by atoms with van der Waals surface area (Å²) in [6.45, 7) is 2.67. The van der Waals surface area contributed by atoms with E-state index in [9.17, 15) is 9.90 Å². The molecule has 0 aromatic rings. The summed E-state index contributed by atoms with van der Waals surface area (Å²) in [5, 5.41) is 9.62. The molecule has 0 radical (unpaired) electrons. The highest BCUT2D eigenvalue weighted by atomic mass is 16.5. The van der Waals surface area contributed by atoms with Gasteiger partial charge in [-0.15, -0.1) is 0 Å². The Morgan fingerprint density at radius 1 is 1.65 bits per heavy atom. The Hall–Kier alpha value is -0.490. The average Bonchev–Trinajstić information content (AvgIpc) is 2.30. The minimum Gasteiger partial charge on any atom is -0.389 e. The van der Waals surface area contributed by atoms with Crippen LogP contribution in [0, 0.1) is 5.41 Å². The lowest BCUT2D eigenvalue weighted by Gasteiger charge is -2.35. The lowest BCUT2D eigenvalue weighted by molar-refractivity contribution is -0.125. The van der Waals surface area contributed by atoms with E-state index in [-0.39, 0.29) is 0 Å². The van der Waals surface area contributed by atoms with Crippen molar-refractivity contribution in [2.45, 2.75) is 18.9 Å². The first-order chi connectivity index (χ1) is 8.12. The predicted octanol–water partition coefficient (Wildman–Crippen LogP) is -0.0788. The van der Waals surface area contributed by atoms with Gasteiger partial charge in [-0.2, -0.15) is 0 Å². The number of hydrogen-bond donors (Lipinski definition) is 1. The van der Waals surface area contributed by atoms with Gasteiger partial charge < -0.3 is 24.3 Å². The maximum Gasteiger partial charge on any atom is 0.129 e. The molecule has 1 N–H and O–H groups in total. The molecule has 1 heterocycles. The number of aliphatic hydroxyl groups excluding tert-OH is 1. The van der Waals surface area contributed by atoms with E-state index in [1.807, 2.05) is 11.9 Å². The largest absolute Gasteiger partial charge is 0.389 e. The maximum absolute atomic E-state index is 11.2. The van der Waals surface area contributed by atoms with Crippen molar-refractivity contribution in [3.05, 3.63) is 0 Å². The number of carbonyl (C=O) groups is 1. The number of likely N-dealkylation sites (N-methyl/N-ethyl adjacent to an activating group) is 1. The average molecular weight is 245 g/mol.